The van der Waals surface area contributed by atoms with Crippen LogP contribution in [0.25, 0.3) is 0 Å². The lowest BCUT2D eigenvalue weighted by Gasteiger charge is -1.98. The van der Waals surface area contributed by atoms with Gasteiger partial charge in [-0.1, -0.05) is 6.58 Å². The lowest BCUT2D eigenvalue weighted by atomic mass is 10.1. The van der Waals surface area contributed by atoms with E-state index in [0.29, 0.717) is 0 Å². The van der Waals surface area contributed by atoms with Crippen LogP contribution < -0.4 is 5.32 Å². The van der Waals surface area contributed by atoms with Crippen LogP contribution in [0, 0.1) is 0 Å². The summed E-state index contributed by atoms with van der Waals surface area (Å²) in [5.41, 5.74) is 2.01. The van der Waals surface area contributed by atoms with Crippen molar-refractivity contribution in [2.24, 2.45) is 0 Å². The number of nitrogens with one attached hydrogen (secondary N) is 2. The maximum atomic E-state index is 3.70. The SMILES string of the molecule is BC(=C)Nc1cc[nH]c1. The van der Waals surface area contributed by atoms with Gasteiger partial charge in [0.05, 0.1) is 5.69 Å². The molecule has 0 saturated heterocycles. The first-order valence-corrected chi connectivity index (χ1v) is 2.84. The van der Waals surface area contributed by atoms with Crippen LogP contribution in [0.15, 0.2) is 30.6 Å². The lowest BCUT2D eigenvalue weighted by Crippen LogP contribution is -1.94. The summed E-state index contributed by atoms with van der Waals surface area (Å²) in [6.45, 7) is 3.70. The molecule has 0 spiro atoms. The molecule has 2 N–H and O–H groups in total. The standard InChI is InChI=1S/C6H9BN2/c1-5(7)9-6-2-3-8-4-6/h2-4,8-9H,1,7H2. The first-order chi connectivity index (χ1) is 4.29. The molecule has 0 aromatic carbocycles. The fourth-order valence-corrected chi connectivity index (χ4v) is 0.648. The fraction of sp³-hybridized carbons (Fsp3) is 0. The maximum absolute atomic E-state index is 3.70. The topological polar surface area (TPSA) is 27.8 Å². The minimum absolute atomic E-state index is 0.953. The average Bonchev–Trinajstić information content (AvgIpc) is 2.15. The van der Waals surface area contributed by atoms with Gasteiger partial charge in [-0.3, -0.25) is 0 Å². The Morgan fingerprint density at radius 3 is 3.00 bits per heavy atom. The van der Waals surface area contributed by atoms with Gasteiger partial charge in [0, 0.05) is 12.4 Å². The molecule has 2 nitrogen and oxygen atoms in total. The molecular weight excluding hydrogens is 111 g/mol. The second-order valence-corrected chi connectivity index (χ2v) is 2.01. The second-order valence-electron chi connectivity index (χ2n) is 2.01. The normalized spacial score (nSPS) is 8.89. The van der Waals surface area contributed by atoms with Crippen LogP contribution in [-0.2, 0) is 0 Å². The molecule has 0 aliphatic carbocycles. The molecule has 1 aromatic rings. The summed E-state index contributed by atoms with van der Waals surface area (Å²) in [6, 6.07) is 1.95. The number of H-pyrrole nitrogens is 1. The third-order valence-corrected chi connectivity index (χ3v) is 0.956. The number of anilines is 1. The molecule has 0 amide bonds. The van der Waals surface area contributed by atoms with Gasteiger partial charge in [-0.25, -0.2) is 0 Å². The highest BCUT2D eigenvalue weighted by atomic mass is 14.9. The van der Waals surface area contributed by atoms with E-state index < -0.39 is 0 Å². The zero-order valence-electron chi connectivity index (χ0n) is 5.44. The van der Waals surface area contributed by atoms with E-state index in [9.17, 15) is 0 Å². The van der Waals surface area contributed by atoms with Gasteiger partial charge in [-0.15, -0.1) is 0 Å². The van der Waals surface area contributed by atoms with Crippen molar-refractivity contribution >= 4 is 13.5 Å². The Bertz CT molecular complexity index is 191. The van der Waals surface area contributed by atoms with E-state index in [2.05, 4.69) is 16.9 Å². The summed E-state index contributed by atoms with van der Waals surface area (Å²) >= 11 is 0. The van der Waals surface area contributed by atoms with Crippen molar-refractivity contribution in [1.29, 1.82) is 0 Å². The molecule has 0 bridgehead atoms. The van der Waals surface area contributed by atoms with Gasteiger partial charge in [0.15, 0.2) is 7.85 Å². The summed E-state index contributed by atoms with van der Waals surface area (Å²) in [7, 11) is 1.92. The van der Waals surface area contributed by atoms with E-state index in [0.717, 1.165) is 11.3 Å². The number of rotatable bonds is 2. The first kappa shape index (κ1) is 6.01. The van der Waals surface area contributed by atoms with Crippen molar-refractivity contribution in [2.45, 2.75) is 0 Å². The van der Waals surface area contributed by atoms with Crippen LogP contribution in [-0.4, -0.2) is 12.8 Å². The quantitative estimate of drug-likeness (QED) is 0.547. The Labute approximate surface area is 55.4 Å². The highest BCUT2D eigenvalue weighted by molar-refractivity contribution is 6.22. The van der Waals surface area contributed by atoms with Crippen LogP contribution in [0.3, 0.4) is 0 Å². The summed E-state index contributed by atoms with van der Waals surface area (Å²) < 4.78 is 0. The third kappa shape index (κ3) is 1.68. The van der Waals surface area contributed by atoms with Crippen molar-refractivity contribution in [3.8, 4) is 0 Å². The molecule has 0 aliphatic heterocycles. The van der Waals surface area contributed by atoms with Crippen LogP contribution >= 0.6 is 0 Å². The molecule has 1 heterocycles. The zero-order valence-corrected chi connectivity index (χ0v) is 5.44. The molecule has 0 fully saturated rings. The predicted molar refractivity (Wildman–Crippen MR) is 42.1 cm³/mol. The summed E-state index contributed by atoms with van der Waals surface area (Å²) in [6.07, 6.45) is 3.75. The minimum atomic E-state index is 0.953. The van der Waals surface area contributed by atoms with Crippen molar-refractivity contribution in [1.82, 2.24) is 4.98 Å². The summed E-state index contributed by atoms with van der Waals surface area (Å²) in [5.74, 6) is 0. The van der Waals surface area contributed by atoms with Crippen LogP contribution in [0.4, 0.5) is 5.69 Å². The molecular formula is C6H9BN2. The monoisotopic (exact) mass is 120 g/mol. The van der Waals surface area contributed by atoms with Gasteiger partial charge in [-0.2, -0.15) is 0 Å². The molecule has 0 unspecified atom stereocenters. The van der Waals surface area contributed by atoms with Crippen LogP contribution in [0.5, 0.6) is 0 Å². The van der Waals surface area contributed by atoms with E-state index in [-0.39, 0.29) is 0 Å². The highest BCUT2D eigenvalue weighted by Crippen LogP contribution is 2.04. The second kappa shape index (κ2) is 2.44. The molecule has 46 valence electrons. The Hall–Kier alpha value is -1.12. The lowest BCUT2D eigenvalue weighted by molar-refractivity contribution is 1.41. The van der Waals surface area contributed by atoms with E-state index in [1.54, 1.807) is 0 Å². The van der Waals surface area contributed by atoms with Crippen molar-refractivity contribution in [3.05, 3.63) is 30.6 Å². The van der Waals surface area contributed by atoms with Gasteiger partial charge < -0.3 is 10.3 Å². The smallest absolute Gasteiger partial charge is 0.159 e. The van der Waals surface area contributed by atoms with Crippen molar-refractivity contribution in [2.75, 3.05) is 5.32 Å². The van der Waals surface area contributed by atoms with Crippen LogP contribution in [0.2, 0.25) is 0 Å². The molecule has 3 heteroatoms. The molecule has 9 heavy (non-hydrogen) atoms. The van der Waals surface area contributed by atoms with E-state index in [1.165, 1.54) is 0 Å². The average molecular weight is 120 g/mol. The largest absolute Gasteiger partial charge is 0.367 e. The molecule has 1 rings (SSSR count). The van der Waals surface area contributed by atoms with Gasteiger partial charge in [0.25, 0.3) is 0 Å². The number of hydrogen-bond acceptors (Lipinski definition) is 1. The van der Waals surface area contributed by atoms with Gasteiger partial charge >= 0.3 is 0 Å². The summed E-state index contributed by atoms with van der Waals surface area (Å²) in [5, 5.41) is 3.06. The molecule has 0 saturated carbocycles. The summed E-state index contributed by atoms with van der Waals surface area (Å²) in [4.78, 5) is 2.93. The Morgan fingerprint density at radius 1 is 1.78 bits per heavy atom. The van der Waals surface area contributed by atoms with Gasteiger partial charge in [0.1, 0.15) is 0 Å². The number of aromatic amines is 1. The van der Waals surface area contributed by atoms with Gasteiger partial charge in [0.2, 0.25) is 0 Å². The maximum Gasteiger partial charge on any atom is 0.159 e. The fourth-order valence-electron chi connectivity index (χ4n) is 0.648. The molecule has 0 atom stereocenters. The molecule has 1 aromatic heterocycles. The van der Waals surface area contributed by atoms with Crippen molar-refractivity contribution in [3.63, 3.8) is 0 Å². The van der Waals surface area contributed by atoms with E-state index in [1.807, 2.05) is 26.3 Å². The third-order valence-electron chi connectivity index (χ3n) is 0.956. The first-order valence-electron chi connectivity index (χ1n) is 2.84. The Morgan fingerprint density at radius 2 is 2.56 bits per heavy atom. The minimum Gasteiger partial charge on any atom is -0.367 e. The van der Waals surface area contributed by atoms with E-state index >= 15 is 0 Å². The molecule has 0 aliphatic rings. The molecule has 0 radical (unpaired) electrons. The zero-order chi connectivity index (χ0) is 6.69. The predicted octanol–water partition coefficient (Wildman–Crippen LogP) is 0.531. The number of aromatic nitrogens is 1. The van der Waals surface area contributed by atoms with Crippen molar-refractivity contribution < 1.29 is 0 Å². The highest BCUT2D eigenvalue weighted by Gasteiger charge is 1.86. The van der Waals surface area contributed by atoms with Gasteiger partial charge in [-0.05, 0) is 11.7 Å². The van der Waals surface area contributed by atoms with Crippen LogP contribution in [0.1, 0.15) is 0 Å². The van der Waals surface area contributed by atoms with E-state index in [4.69, 9.17) is 0 Å². The number of hydrogen-bond donors (Lipinski definition) is 2. The Balaban J connectivity index is 2.58. The Kier molecular flexibility index (Phi) is 1.63.